The zero-order valence-electron chi connectivity index (χ0n) is 11.2. The molecule has 5 heteroatoms. The fourth-order valence-electron chi connectivity index (χ4n) is 2.29. The first-order valence-corrected chi connectivity index (χ1v) is 6.59. The van der Waals surface area contributed by atoms with E-state index in [1.165, 1.54) is 0 Å². The zero-order valence-corrected chi connectivity index (χ0v) is 11.2. The standard InChI is InChI=1S/C15H15N5/c1-2-17-15(13-10-16-6-7-19-13)11-4-3-5-12-14(11)20-9-8-18-12/h3-10,15,17H,2H2,1H3. The van der Waals surface area contributed by atoms with Crippen molar-refractivity contribution in [2.24, 2.45) is 0 Å². The van der Waals surface area contributed by atoms with Crippen molar-refractivity contribution in [3.8, 4) is 0 Å². The number of hydrogen-bond acceptors (Lipinski definition) is 5. The Hall–Kier alpha value is -2.40. The molecule has 0 amide bonds. The summed E-state index contributed by atoms with van der Waals surface area (Å²) in [6, 6.07) is 5.98. The van der Waals surface area contributed by atoms with Gasteiger partial charge in [0.25, 0.3) is 0 Å². The average Bonchev–Trinajstić information content (AvgIpc) is 2.53. The van der Waals surface area contributed by atoms with Crippen LogP contribution in [0.15, 0.2) is 49.2 Å². The van der Waals surface area contributed by atoms with E-state index in [1.54, 1.807) is 31.0 Å². The Labute approximate surface area is 117 Å². The van der Waals surface area contributed by atoms with Crippen LogP contribution in [0.2, 0.25) is 0 Å². The first kappa shape index (κ1) is 12.6. The number of benzene rings is 1. The molecule has 2 heterocycles. The van der Waals surface area contributed by atoms with Gasteiger partial charge in [-0.2, -0.15) is 0 Å². The Balaban J connectivity index is 2.15. The predicted molar refractivity (Wildman–Crippen MR) is 77.1 cm³/mol. The third-order valence-electron chi connectivity index (χ3n) is 3.13. The van der Waals surface area contributed by atoms with Crippen molar-refractivity contribution in [1.82, 2.24) is 25.3 Å². The first-order valence-electron chi connectivity index (χ1n) is 6.59. The number of nitrogens with zero attached hydrogens (tertiary/aromatic N) is 4. The molecule has 0 radical (unpaired) electrons. The smallest absolute Gasteiger partial charge is 0.0938 e. The monoisotopic (exact) mass is 265 g/mol. The van der Waals surface area contributed by atoms with E-state index in [0.29, 0.717) is 0 Å². The van der Waals surface area contributed by atoms with Gasteiger partial charge in [-0.3, -0.25) is 19.9 Å². The largest absolute Gasteiger partial charge is 0.305 e. The third kappa shape index (κ3) is 2.35. The minimum Gasteiger partial charge on any atom is -0.305 e. The number of nitrogens with one attached hydrogen (secondary N) is 1. The van der Waals surface area contributed by atoms with Crippen LogP contribution in [0.3, 0.4) is 0 Å². The van der Waals surface area contributed by atoms with Crippen molar-refractivity contribution >= 4 is 11.0 Å². The molecule has 3 rings (SSSR count). The van der Waals surface area contributed by atoms with Gasteiger partial charge < -0.3 is 5.32 Å². The summed E-state index contributed by atoms with van der Waals surface area (Å²) in [7, 11) is 0. The minimum absolute atomic E-state index is 0.0332. The molecule has 1 atom stereocenters. The number of fused-ring (bicyclic) bond motifs is 1. The summed E-state index contributed by atoms with van der Waals surface area (Å²) >= 11 is 0. The molecule has 0 aliphatic rings. The molecule has 0 bridgehead atoms. The van der Waals surface area contributed by atoms with Crippen LogP contribution in [0.1, 0.15) is 24.2 Å². The van der Waals surface area contributed by atoms with E-state index in [1.807, 2.05) is 12.1 Å². The summed E-state index contributed by atoms with van der Waals surface area (Å²) in [4.78, 5) is 17.4. The Morgan fingerprint density at radius 3 is 2.70 bits per heavy atom. The highest BCUT2D eigenvalue weighted by Crippen LogP contribution is 2.25. The van der Waals surface area contributed by atoms with Crippen LogP contribution in [0, 0.1) is 0 Å². The molecular weight excluding hydrogens is 250 g/mol. The van der Waals surface area contributed by atoms with Gasteiger partial charge in [-0.25, -0.2) is 0 Å². The summed E-state index contributed by atoms with van der Waals surface area (Å²) in [6.07, 6.45) is 8.58. The van der Waals surface area contributed by atoms with Crippen molar-refractivity contribution in [2.45, 2.75) is 13.0 Å². The van der Waals surface area contributed by atoms with Gasteiger partial charge in [-0.05, 0) is 12.6 Å². The Kier molecular flexibility index (Phi) is 3.60. The van der Waals surface area contributed by atoms with E-state index in [0.717, 1.165) is 28.8 Å². The predicted octanol–water partition coefficient (Wildman–Crippen LogP) is 2.12. The van der Waals surface area contributed by atoms with Crippen molar-refractivity contribution in [2.75, 3.05) is 6.54 Å². The number of hydrogen-bond donors (Lipinski definition) is 1. The number of rotatable bonds is 4. The molecule has 20 heavy (non-hydrogen) atoms. The lowest BCUT2D eigenvalue weighted by Crippen LogP contribution is -2.23. The molecule has 1 aromatic carbocycles. The van der Waals surface area contributed by atoms with Gasteiger partial charge in [-0.15, -0.1) is 0 Å². The van der Waals surface area contributed by atoms with Gasteiger partial charge in [0.2, 0.25) is 0 Å². The SMILES string of the molecule is CCNC(c1cnccn1)c1cccc2nccnc12. The average molecular weight is 265 g/mol. The Morgan fingerprint density at radius 2 is 1.90 bits per heavy atom. The van der Waals surface area contributed by atoms with E-state index < -0.39 is 0 Å². The van der Waals surface area contributed by atoms with E-state index in [9.17, 15) is 0 Å². The Morgan fingerprint density at radius 1 is 1.05 bits per heavy atom. The second-order valence-electron chi connectivity index (χ2n) is 4.39. The maximum atomic E-state index is 4.46. The second-order valence-corrected chi connectivity index (χ2v) is 4.39. The molecule has 0 aliphatic carbocycles. The summed E-state index contributed by atoms with van der Waals surface area (Å²) in [5.74, 6) is 0. The third-order valence-corrected chi connectivity index (χ3v) is 3.13. The van der Waals surface area contributed by atoms with Crippen LogP contribution in [0.4, 0.5) is 0 Å². The topological polar surface area (TPSA) is 63.6 Å². The highest BCUT2D eigenvalue weighted by molar-refractivity contribution is 5.78. The van der Waals surface area contributed by atoms with Crippen LogP contribution < -0.4 is 5.32 Å². The van der Waals surface area contributed by atoms with Crippen molar-refractivity contribution in [1.29, 1.82) is 0 Å². The molecule has 1 unspecified atom stereocenters. The van der Waals surface area contributed by atoms with Crippen LogP contribution in [0.5, 0.6) is 0 Å². The van der Waals surface area contributed by atoms with E-state index in [2.05, 4.69) is 38.2 Å². The van der Waals surface area contributed by atoms with Gasteiger partial charge in [0.1, 0.15) is 0 Å². The minimum atomic E-state index is -0.0332. The molecule has 0 saturated carbocycles. The first-order chi connectivity index (χ1) is 9.90. The molecule has 1 N–H and O–H groups in total. The van der Waals surface area contributed by atoms with Crippen molar-refractivity contribution in [3.05, 3.63) is 60.4 Å². The molecule has 0 saturated heterocycles. The summed E-state index contributed by atoms with van der Waals surface area (Å²) in [6.45, 7) is 2.90. The van der Waals surface area contributed by atoms with Crippen LogP contribution >= 0.6 is 0 Å². The highest BCUT2D eigenvalue weighted by atomic mass is 14.9. The van der Waals surface area contributed by atoms with Crippen molar-refractivity contribution < 1.29 is 0 Å². The second kappa shape index (κ2) is 5.71. The number of para-hydroxylation sites is 1. The normalized spacial score (nSPS) is 12.4. The van der Waals surface area contributed by atoms with E-state index in [4.69, 9.17) is 0 Å². The van der Waals surface area contributed by atoms with Crippen LogP contribution in [0.25, 0.3) is 11.0 Å². The van der Waals surface area contributed by atoms with Gasteiger partial charge in [0, 0.05) is 30.4 Å². The van der Waals surface area contributed by atoms with Gasteiger partial charge in [-0.1, -0.05) is 19.1 Å². The molecule has 5 nitrogen and oxygen atoms in total. The molecule has 0 aliphatic heterocycles. The molecule has 0 spiro atoms. The quantitative estimate of drug-likeness (QED) is 0.782. The molecule has 100 valence electrons. The lowest BCUT2D eigenvalue weighted by atomic mass is 10.0. The number of aromatic nitrogens is 4. The zero-order chi connectivity index (χ0) is 13.8. The molecule has 0 fully saturated rings. The Bertz CT molecular complexity index is 693. The maximum absolute atomic E-state index is 4.46. The van der Waals surface area contributed by atoms with Crippen LogP contribution in [-0.4, -0.2) is 26.5 Å². The summed E-state index contributed by atoms with van der Waals surface area (Å²) in [5, 5.41) is 3.44. The molecule has 3 aromatic rings. The fraction of sp³-hybridized carbons (Fsp3) is 0.200. The molecule has 2 aromatic heterocycles. The van der Waals surface area contributed by atoms with Gasteiger partial charge in [0.15, 0.2) is 0 Å². The van der Waals surface area contributed by atoms with Crippen molar-refractivity contribution in [3.63, 3.8) is 0 Å². The highest BCUT2D eigenvalue weighted by Gasteiger charge is 2.17. The fourth-order valence-corrected chi connectivity index (χ4v) is 2.29. The molecular formula is C15H15N5. The van der Waals surface area contributed by atoms with Crippen LogP contribution in [-0.2, 0) is 0 Å². The summed E-state index contributed by atoms with van der Waals surface area (Å²) < 4.78 is 0. The van der Waals surface area contributed by atoms with Gasteiger partial charge >= 0.3 is 0 Å². The maximum Gasteiger partial charge on any atom is 0.0938 e. The van der Waals surface area contributed by atoms with E-state index in [-0.39, 0.29) is 6.04 Å². The van der Waals surface area contributed by atoms with E-state index >= 15 is 0 Å². The van der Waals surface area contributed by atoms with Gasteiger partial charge in [0.05, 0.1) is 29.0 Å². The lowest BCUT2D eigenvalue weighted by molar-refractivity contribution is 0.615. The lowest BCUT2D eigenvalue weighted by Gasteiger charge is -2.18. The summed E-state index contributed by atoms with van der Waals surface area (Å²) in [5.41, 5.74) is 3.73.